The molecular weight excluding hydrogens is 298 g/mol. The fourth-order valence-corrected chi connectivity index (χ4v) is 3.28. The van der Waals surface area contributed by atoms with Gasteiger partial charge in [0.25, 0.3) is 0 Å². The molecule has 1 heterocycles. The van der Waals surface area contributed by atoms with Crippen molar-refractivity contribution in [2.75, 3.05) is 0 Å². The zero-order valence-corrected chi connectivity index (χ0v) is 12.4. The molecule has 0 unspecified atom stereocenters. The standard InChI is InChI=1S/C17H13NO3S/c19-15(20)9-12-10-18-13-7-4-8-14(16(12)13)22-17(21)11-5-2-1-3-6-11/h1-8,10,18H,9H2,(H,19,20). The highest BCUT2D eigenvalue weighted by molar-refractivity contribution is 8.14. The monoisotopic (exact) mass is 311 g/mol. The van der Waals surface area contributed by atoms with Gasteiger partial charge in [0.05, 0.1) is 6.42 Å². The van der Waals surface area contributed by atoms with Gasteiger partial charge in [0.15, 0.2) is 0 Å². The van der Waals surface area contributed by atoms with Crippen LogP contribution in [0.25, 0.3) is 10.9 Å². The second-order valence-corrected chi connectivity index (χ2v) is 5.83. The topological polar surface area (TPSA) is 70.2 Å². The molecule has 0 saturated heterocycles. The van der Waals surface area contributed by atoms with Gasteiger partial charge in [0, 0.05) is 27.6 Å². The summed E-state index contributed by atoms with van der Waals surface area (Å²) < 4.78 is 0. The first-order valence-corrected chi connectivity index (χ1v) is 7.55. The van der Waals surface area contributed by atoms with Gasteiger partial charge < -0.3 is 10.1 Å². The molecule has 2 aromatic carbocycles. The van der Waals surface area contributed by atoms with E-state index in [0.29, 0.717) is 11.1 Å². The minimum absolute atomic E-state index is 0.0597. The Kier molecular flexibility index (Phi) is 3.98. The maximum Gasteiger partial charge on any atom is 0.307 e. The summed E-state index contributed by atoms with van der Waals surface area (Å²) in [5.74, 6) is -0.893. The predicted molar refractivity (Wildman–Crippen MR) is 86.3 cm³/mol. The Morgan fingerprint density at radius 3 is 2.55 bits per heavy atom. The summed E-state index contributed by atoms with van der Waals surface area (Å²) >= 11 is 1.12. The van der Waals surface area contributed by atoms with E-state index in [1.165, 1.54) is 0 Å². The molecule has 0 fully saturated rings. The summed E-state index contributed by atoms with van der Waals surface area (Å²) in [6.45, 7) is 0. The van der Waals surface area contributed by atoms with Crippen LogP contribution in [0.3, 0.4) is 0 Å². The third-order valence-electron chi connectivity index (χ3n) is 3.30. The lowest BCUT2D eigenvalue weighted by molar-refractivity contribution is -0.136. The normalized spacial score (nSPS) is 10.7. The molecule has 0 amide bonds. The maximum atomic E-state index is 12.3. The van der Waals surface area contributed by atoms with Crippen LogP contribution in [0, 0.1) is 0 Å². The number of nitrogens with one attached hydrogen (secondary N) is 1. The molecule has 0 radical (unpaired) electrons. The van der Waals surface area contributed by atoms with Gasteiger partial charge in [0.1, 0.15) is 0 Å². The molecule has 3 aromatic rings. The van der Waals surface area contributed by atoms with E-state index in [4.69, 9.17) is 5.11 Å². The smallest absolute Gasteiger partial charge is 0.307 e. The van der Waals surface area contributed by atoms with Crippen molar-refractivity contribution in [1.82, 2.24) is 4.98 Å². The minimum Gasteiger partial charge on any atom is -0.481 e. The van der Waals surface area contributed by atoms with E-state index < -0.39 is 5.97 Å². The van der Waals surface area contributed by atoms with Gasteiger partial charge in [-0.3, -0.25) is 9.59 Å². The zero-order valence-electron chi connectivity index (χ0n) is 11.6. The molecule has 0 bridgehead atoms. The molecule has 110 valence electrons. The Balaban J connectivity index is 1.98. The molecule has 4 nitrogen and oxygen atoms in total. The Morgan fingerprint density at radius 1 is 1.05 bits per heavy atom. The molecule has 0 spiro atoms. The van der Waals surface area contributed by atoms with Gasteiger partial charge in [0.2, 0.25) is 5.12 Å². The van der Waals surface area contributed by atoms with Crippen molar-refractivity contribution in [3.63, 3.8) is 0 Å². The van der Waals surface area contributed by atoms with Gasteiger partial charge in [-0.2, -0.15) is 0 Å². The molecule has 5 heteroatoms. The highest BCUT2D eigenvalue weighted by Crippen LogP contribution is 2.32. The molecule has 1 aromatic heterocycles. The van der Waals surface area contributed by atoms with Crippen molar-refractivity contribution >= 4 is 33.7 Å². The van der Waals surface area contributed by atoms with Crippen LogP contribution in [0.15, 0.2) is 59.6 Å². The second kappa shape index (κ2) is 6.07. The molecule has 22 heavy (non-hydrogen) atoms. The minimum atomic E-state index is -0.893. The number of rotatable bonds is 4. The number of fused-ring (bicyclic) bond motifs is 1. The van der Waals surface area contributed by atoms with E-state index in [9.17, 15) is 9.59 Å². The maximum absolute atomic E-state index is 12.3. The number of H-pyrrole nitrogens is 1. The molecule has 0 saturated carbocycles. The Morgan fingerprint density at radius 2 is 1.82 bits per heavy atom. The van der Waals surface area contributed by atoms with Crippen LogP contribution >= 0.6 is 11.8 Å². The quantitative estimate of drug-likeness (QED) is 0.720. The van der Waals surface area contributed by atoms with Gasteiger partial charge >= 0.3 is 5.97 Å². The fraction of sp³-hybridized carbons (Fsp3) is 0.0588. The number of hydrogen-bond donors (Lipinski definition) is 2. The Hall–Kier alpha value is -2.53. The molecule has 0 aliphatic heterocycles. The molecule has 0 aliphatic carbocycles. The molecule has 0 aliphatic rings. The fourth-order valence-electron chi connectivity index (χ4n) is 2.34. The summed E-state index contributed by atoms with van der Waals surface area (Å²) in [5.41, 5.74) is 2.15. The average Bonchev–Trinajstić information content (AvgIpc) is 2.91. The SMILES string of the molecule is O=C(O)Cc1c[nH]c2cccc(SC(=O)c3ccccc3)c12. The van der Waals surface area contributed by atoms with E-state index >= 15 is 0 Å². The van der Waals surface area contributed by atoms with Crippen molar-refractivity contribution in [3.8, 4) is 0 Å². The highest BCUT2D eigenvalue weighted by Gasteiger charge is 2.15. The van der Waals surface area contributed by atoms with Crippen LogP contribution in [0.1, 0.15) is 15.9 Å². The van der Waals surface area contributed by atoms with E-state index in [-0.39, 0.29) is 11.5 Å². The molecule has 3 rings (SSSR count). The second-order valence-electron chi connectivity index (χ2n) is 4.82. The average molecular weight is 311 g/mol. The van der Waals surface area contributed by atoms with E-state index in [2.05, 4.69) is 4.98 Å². The van der Waals surface area contributed by atoms with E-state index in [1.54, 1.807) is 18.3 Å². The van der Waals surface area contributed by atoms with Crippen LogP contribution in [0.4, 0.5) is 0 Å². The first-order valence-electron chi connectivity index (χ1n) is 6.73. The van der Waals surface area contributed by atoms with Crippen molar-refractivity contribution in [2.24, 2.45) is 0 Å². The highest BCUT2D eigenvalue weighted by atomic mass is 32.2. The van der Waals surface area contributed by atoms with E-state index in [0.717, 1.165) is 27.6 Å². The number of aromatic nitrogens is 1. The third-order valence-corrected chi connectivity index (χ3v) is 4.28. The molecule has 2 N–H and O–H groups in total. The lowest BCUT2D eigenvalue weighted by Crippen LogP contribution is -1.99. The zero-order chi connectivity index (χ0) is 15.5. The number of aromatic amines is 1. The first kappa shape index (κ1) is 14.4. The van der Waals surface area contributed by atoms with Crippen LogP contribution in [-0.2, 0) is 11.2 Å². The number of carboxylic acid groups (broad SMARTS) is 1. The van der Waals surface area contributed by atoms with Crippen LogP contribution < -0.4 is 0 Å². The molecule has 0 atom stereocenters. The number of benzene rings is 2. The summed E-state index contributed by atoms with van der Waals surface area (Å²) in [6.07, 6.45) is 1.62. The summed E-state index contributed by atoms with van der Waals surface area (Å²) in [4.78, 5) is 27.2. The lowest BCUT2D eigenvalue weighted by atomic mass is 10.1. The van der Waals surface area contributed by atoms with Crippen LogP contribution in [-0.4, -0.2) is 21.2 Å². The lowest BCUT2D eigenvalue weighted by Gasteiger charge is -2.05. The van der Waals surface area contributed by atoms with Gasteiger partial charge in [-0.05, 0) is 29.5 Å². The number of carbonyl (C=O) groups excluding carboxylic acids is 1. The van der Waals surface area contributed by atoms with Gasteiger partial charge in [-0.25, -0.2) is 0 Å². The number of thioether (sulfide) groups is 1. The first-order chi connectivity index (χ1) is 10.6. The van der Waals surface area contributed by atoms with Crippen LogP contribution in [0.2, 0.25) is 0 Å². The van der Waals surface area contributed by atoms with Crippen molar-refractivity contribution in [3.05, 3.63) is 65.9 Å². The Labute approximate surface area is 131 Å². The Bertz CT molecular complexity index is 839. The largest absolute Gasteiger partial charge is 0.481 e. The summed E-state index contributed by atoms with van der Waals surface area (Å²) in [7, 11) is 0. The van der Waals surface area contributed by atoms with Crippen molar-refractivity contribution in [1.29, 1.82) is 0 Å². The number of carboxylic acids is 1. The summed E-state index contributed by atoms with van der Waals surface area (Å²) in [6, 6.07) is 14.6. The number of carbonyl (C=O) groups is 2. The van der Waals surface area contributed by atoms with Crippen molar-refractivity contribution in [2.45, 2.75) is 11.3 Å². The summed E-state index contributed by atoms with van der Waals surface area (Å²) in [5, 5.41) is 9.75. The van der Waals surface area contributed by atoms with E-state index in [1.807, 2.05) is 36.4 Å². The van der Waals surface area contributed by atoms with Gasteiger partial charge in [-0.1, -0.05) is 36.4 Å². The van der Waals surface area contributed by atoms with Gasteiger partial charge in [-0.15, -0.1) is 0 Å². The predicted octanol–water partition coefficient (Wildman–Crippen LogP) is 3.73. The third kappa shape index (κ3) is 2.89. The van der Waals surface area contributed by atoms with Crippen molar-refractivity contribution < 1.29 is 14.7 Å². The number of aliphatic carboxylic acids is 1. The van der Waals surface area contributed by atoms with Crippen LogP contribution in [0.5, 0.6) is 0 Å². The molecular formula is C17H13NO3S. The number of hydrogen-bond acceptors (Lipinski definition) is 3.